The maximum atomic E-state index is 11.6. The molecule has 3 rings (SSSR count). The number of primary amides is 1. The number of urea groups is 1. The molecule has 0 aromatic heterocycles. The Morgan fingerprint density at radius 3 is 2.37 bits per heavy atom. The van der Waals surface area contributed by atoms with Crippen molar-refractivity contribution < 1.29 is 14.2 Å². The van der Waals surface area contributed by atoms with Gasteiger partial charge in [0.15, 0.2) is 0 Å². The van der Waals surface area contributed by atoms with Crippen LogP contribution in [0.25, 0.3) is 17.2 Å². The number of carbonyl (C=O) groups is 1. The average molecular weight is 382 g/mol. The maximum absolute atomic E-state index is 11.6. The lowest BCUT2D eigenvalue weighted by molar-refractivity contribution is -0.0379. The largest absolute Gasteiger partial charge is 0.350 e. The van der Waals surface area contributed by atoms with Gasteiger partial charge in [0.1, 0.15) is 0 Å². The second-order valence-electron chi connectivity index (χ2n) is 6.44. The summed E-state index contributed by atoms with van der Waals surface area (Å²) in [6.07, 6.45) is 4.23. The first-order valence-electron chi connectivity index (χ1n) is 8.59. The number of allylic oxidation sites excluding steroid dienone is 2. The standard InChI is InChI=1S/C21H22N2O3S/c1-14-17-5-3-4-6-19(17)20(18(14)11-12-23(25)21(22)24)13-15-7-9-16(10-8-15)27(2)26/h3-10,13,25H,11-12H2,1-2H3,(H2,22,24). The van der Waals surface area contributed by atoms with Crippen molar-refractivity contribution in [2.45, 2.75) is 18.2 Å². The molecule has 3 N–H and O–H groups in total. The zero-order valence-electron chi connectivity index (χ0n) is 15.3. The smallest absolute Gasteiger partial charge is 0.338 e. The van der Waals surface area contributed by atoms with E-state index in [1.165, 1.54) is 0 Å². The lowest BCUT2D eigenvalue weighted by Gasteiger charge is -2.14. The fourth-order valence-electron chi connectivity index (χ4n) is 3.31. The van der Waals surface area contributed by atoms with E-state index in [1.807, 2.05) is 43.3 Å². The number of hydrogen-bond donors (Lipinski definition) is 2. The quantitative estimate of drug-likeness (QED) is 0.607. The molecule has 0 radical (unpaired) electrons. The molecule has 0 saturated heterocycles. The summed E-state index contributed by atoms with van der Waals surface area (Å²) in [5, 5.41) is 10.2. The molecule has 0 heterocycles. The normalized spacial score (nSPS) is 15.7. The van der Waals surface area contributed by atoms with Crippen LogP contribution in [0.2, 0.25) is 0 Å². The molecule has 0 fully saturated rings. The van der Waals surface area contributed by atoms with E-state index in [0.717, 1.165) is 38.3 Å². The summed E-state index contributed by atoms with van der Waals surface area (Å²) in [4.78, 5) is 11.9. The van der Waals surface area contributed by atoms with Crippen LogP contribution >= 0.6 is 0 Å². The van der Waals surface area contributed by atoms with Crippen molar-refractivity contribution in [3.05, 3.63) is 70.8 Å². The van der Waals surface area contributed by atoms with E-state index in [4.69, 9.17) is 5.73 Å². The Bertz CT molecular complexity index is 962. The van der Waals surface area contributed by atoms with Gasteiger partial charge in [-0.1, -0.05) is 36.4 Å². The molecule has 2 amide bonds. The van der Waals surface area contributed by atoms with E-state index in [9.17, 15) is 14.2 Å². The van der Waals surface area contributed by atoms with Gasteiger partial charge in [-0.2, -0.15) is 0 Å². The molecule has 0 spiro atoms. The average Bonchev–Trinajstić information content (AvgIpc) is 2.92. The number of nitrogens with zero attached hydrogens (tertiary/aromatic N) is 1. The van der Waals surface area contributed by atoms with Crippen LogP contribution in [0.5, 0.6) is 0 Å². The van der Waals surface area contributed by atoms with E-state index < -0.39 is 16.8 Å². The van der Waals surface area contributed by atoms with Crippen molar-refractivity contribution in [3.8, 4) is 0 Å². The second kappa shape index (κ2) is 7.90. The summed E-state index contributed by atoms with van der Waals surface area (Å²) in [5.41, 5.74) is 11.6. The summed E-state index contributed by atoms with van der Waals surface area (Å²) in [5.74, 6) is 0. The predicted octanol–water partition coefficient (Wildman–Crippen LogP) is 3.91. The van der Waals surface area contributed by atoms with E-state index >= 15 is 0 Å². The Morgan fingerprint density at radius 1 is 1.15 bits per heavy atom. The molecule has 0 aliphatic heterocycles. The van der Waals surface area contributed by atoms with Crippen LogP contribution in [-0.2, 0) is 10.8 Å². The summed E-state index contributed by atoms with van der Waals surface area (Å²) >= 11 is 0. The van der Waals surface area contributed by atoms with Gasteiger partial charge in [0.25, 0.3) is 0 Å². The minimum atomic E-state index is -1.01. The highest BCUT2D eigenvalue weighted by Gasteiger charge is 2.24. The highest BCUT2D eigenvalue weighted by Crippen LogP contribution is 2.43. The van der Waals surface area contributed by atoms with E-state index in [-0.39, 0.29) is 6.54 Å². The Balaban J connectivity index is 1.99. The van der Waals surface area contributed by atoms with E-state index in [2.05, 4.69) is 18.2 Å². The fraction of sp³-hybridized carbons (Fsp3) is 0.190. The summed E-state index contributed by atoms with van der Waals surface area (Å²) in [6, 6.07) is 14.9. The van der Waals surface area contributed by atoms with Gasteiger partial charge in [-0.3, -0.25) is 9.42 Å². The van der Waals surface area contributed by atoms with Gasteiger partial charge in [0.05, 0.1) is 6.54 Å². The third-order valence-electron chi connectivity index (χ3n) is 4.75. The van der Waals surface area contributed by atoms with Crippen molar-refractivity contribution in [2.24, 2.45) is 5.73 Å². The van der Waals surface area contributed by atoms with Gasteiger partial charge in [0.2, 0.25) is 0 Å². The van der Waals surface area contributed by atoms with Gasteiger partial charge >= 0.3 is 6.03 Å². The molecule has 6 heteroatoms. The van der Waals surface area contributed by atoms with Crippen LogP contribution in [0.1, 0.15) is 30.0 Å². The van der Waals surface area contributed by atoms with Crippen LogP contribution in [-0.4, -0.2) is 33.3 Å². The number of hydroxylamine groups is 2. The highest BCUT2D eigenvalue weighted by molar-refractivity contribution is 7.84. The Morgan fingerprint density at radius 2 is 1.78 bits per heavy atom. The van der Waals surface area contributed by atoms with Gasteiger partial charge in [0, 0.05) is 22.0 Å². The molecular formula is C21H22N2O3S. The molecule has 5 nitrogen and oxygen atoms in total. The molecule has 140 valence electrons. The number of carbonyl (C=O) groups excluding carboxylic acids is 1. The van der Waals surface area contributed by atoms with Crippen molar-refractivity contribution in [3.63, 3.8) is 0 Å². The number of amides is 2. The third kappa shape index (κ3) is 4.02. The van der Waals surface area contributed by atoms with E-state index in [0.29, 0.717) is 11.5 Å². The third-order valence-corrected chi connectivity index (χ3v) is 5.69. The van der Waals surface area contributed by atoms with Crippen LogP contribution in [0.4, 0.5) is 4.79 Å². The first-order valence-corrected chi connectivity index (χ1v) is 10.1. The molecular weight excluding hydrogens is 360 g/mol. The first kappa shape index (κ1) is 19.1. The van der Waals surface area contributed by atoms with Crippen molar-refractivity contribution in [1.82, 2.24) is 5.06 Å². The fourth-order valence-corrected chi connectivity index (χ4v) is 3.83. The molecule has 0 bridgehead atoms. The van der Waals surface area contributed by atoms with Gasteiger partial charge in [-0.05, 0) is 65.0 Å². The zero-order valence-corrected chi connectivity index (χ0v) is 16.1. The summed E-state index contributed by atoms with van der Waals surface area (Å²) in [7, 11) is -1.01. The minimum absolute atomic E-state index is 0.126. The number of benzene rings is 2. The molecule has 1 atom stereocenters. The SMILES string of the molecule is CC1=C(CCN(O)C(N)=O)C(=Cc2ccc(S(C)=O)cc2)c2ccccc21. The molecule has 27 heavy (non-hydrogen) atoms. The van der Waals surface area contributed by atoms with Gasteiger partial charge in [-0.25, -0.2) is 9.86 Å². The van der Waals surface area contributed by atoms with E-state index in [1.54, 1.807) is 6.26 Å². The van der Waals surface area contributed by atoms with Gasteiger partial charge < -0.3 is 5.73 Å². The summed E-state index contributed by atoms with van der Waals surface area (Å²) in [6.45, 7) is 2.17. The van der Waals surface area contributed by atoms with Crippen LogP contribution in [0.15, 0.2) is 59.0 Å². The van der Waals surface area contributed by atoms with Crippen LogP contribution < -0.4 is 5.73 Å². The lowest BCUT2D eigenvalue weighted by Crippen LogP contribution is -2.33. The number of fused-ring (bicyclic) bond motifs is 1. The van der Waals surface area contributed by atoms with Gasteiger partial charge in [-0.15, -0.1) is 0 Å². The topological polar surface area (TPSA) is 83.6 Å². The summed E-state index contributed by atoms with van der Waals surface area (Å²) < 4.78 is 11.6. The number of nitrogens with two attached hydrogens (primary N) is 1. The number of hydrogen-bond acceptors (Lipinski definition) is 3. The maximum Gasteiger partial charge on any atom is 0.338 e. The monoisotopic (exact) mass is 382 g/mol. The molecule has 1 aliphatic carbocycles. The molecule has 2 aromatic rings. The Labute approximate surface area is 161 Å². The second-order valence-corrected chi connectivity index (χ2v) is 7.82. The van der Waals surface area contributed by atoms with Crippen molar-refractivity contribution >= 4 is 34.1 Å². The molecule has 2 aromatic carbocycles. The highest BCUT2D eigenvalue weighted by atomic mass is 32.2. The Kier molecular flexibility index (Phi) is 5.58. The minimum Gasteiger partial charge on any atom is -0.350 e. The Hall–Kier alpha value is -2.70. The predicted molar refractivity (Wildman–Crippen MR) is 108 cm³/mol. The molecule has 1 unspecified atom stereocenters. The van der Waals surface area contributed by atoms with Crippen LogP contribution in [0, 0.1) is 0 Å². The number of rotatable bonds is 5. The van der Waals surface area contributed by atoms with Crippen LogP contribution in [0.3, 0.4) is 0 Å². The molecule has 0 saturated carbocycles. The van der Waals surface area contributed by atoms with Crippen molar-refractivity contribution in [1.29, 1.82) is 0 Å². The first-order chi connectivity index (χ1) is 12.9. The zero-order chi connectivity index (χ0) is 19.6. The van der Waals surface area contributed by atoms with Crippen molar-refractivity contribution in [2.75, 3.05) is 12.8 Å². The lowest BCUT2D eigenvalue weighted by atomic mass is 9.98. The molecule has 1 aliphatic rings.